The van der Waals surface area contributed by atoms with Gasteiger partial charge in [-0.2, -0.15) is 0 Å². The molecule has 0 amide bonds. The zero-order chi connectivity index (χ0) is 16.5. The van der Waals surface area contributed by atoms with Gasteiger partial charge in [-0.25, -0.2) is 0 Å². The van der Waals surface area contributed by atoms with Gasteiger partial charge in [-0.1, -0.05) is 19.1 Å². The van der Waals surface area contributed by atoms with Crippen molar-refractivity contribution in [3.63, 3.8) is 0 Å². The average molecular weight is 446 g/mol. The summed E-state index contributed by atoms with van der Waals surface area (Å²) in [6.45, 7) is 6.40. The second kappa shape index (κ2) is 11.5. The first-order valence-electron chi connectivity index (χ1n) is 8.58. The first kappa shape index (κ1) is 21.0. The van der Waals surface area contributed by atoms with Crippen molar-refractivity contribution in [2.24, 2.45) is 4.99 Å². The highest BCUT2D eigenvalue weighted by Gasteiger charge is 2.20. The van der Waals surface area contributed by atoms with E-state index in [1.165, 1.54) is 37.9 Å². The second-order valence-electron chi connectivity index (χ2n) is 5.96. The van der Waals surface area contributed by atoms with Gasteiger partial charge in [0.15, 0.2) is 5.96 Å². The van der Waals surface area contributed by atoms with E-state index in [0.29, 0.717) is 6.04 Å². The molecule has 1 aromatic carbocycles. The molecule has 1 fully saturated rings. The number of hydrogen-bond acceptors (Lipinski definition) is 3. The molecule has 1 aromatic rings. The first-order chi connectivity index (χ1) is 11.3. The maximum absolute atomic E-state index is 5.26. The molecule has 0 radical (unpaired) electrons. The van der Waals surface area contributed by atoms with Crippen molar-refractivity contribution < 1.29 is 4.74 Å². The molecule has 2 rings (SSSR count). The third kappa shape index (κ3) is 6.47. The Labute approximate surface area is 163 Å². The fraction of sp³-hybridized carbons (Fsp3) is 0.611. The molecule has 2 N–H and O–H groups in total. The van der Waals surface area contributed by atoms with Crippen LogP contribution >= 0.6 is 24.0 Å². The largest absolute Gasteiger partial charge is 0.497 e. The Hall–Kier alpha value is -1.02. The Morgan fingerprint density at radius 2 is 2.04 bits per heavy atom. The van der Waals surface area contributed by atoms with Crippen molar-refractivity contribution in [1.82, 2.24) is 15.5 Å². The zero-order valence-corrected chi connectivity index (χ0v) is 17.4. The minimum atomic E-state index is 0. The van der Waals surface area contributed by atoms with Gasteiger partial charge in [0, 0.05) is 26.2 Å². The van der Waals surface area contributed by atoms with Crippen LogP contribution < -0.4 is 15.4 Å². The van der Waals surface area contributed by atoms with Crippen LogP contribution in [0.5, 0.6) is 5.75 Å². The Morgan fingerprint density at radius 1 is 1.29 bits per heavy atom. The number of nitrogens with one attached hydrogen (secondary N) is 2. The summed E-state index contributed by atoms with van der Waals surface area (Å²) in [7, 11) is 3.51. The minimum Gasteiger partial charge on any atom is -0.497 e. The van der Waals surface area contributed by atoms with Gasteiger partial charge >= 0.3 is 0 Å². The molecule has 1 heterocycles. The van der Waals surface area contributed by atoms with Gasteiger partial charge in [0.1, 0.15) is 5.75 Å². The highest BCUT2D eigenvalue weighted by Crippen LogP contribution is 2.14. The van der Waals surface area contributed by atoms with Gasteiger partial charge < -0.3 is 15.4 Å². The Bertz CT molecular complexity index is 504. The molecule has 1 atom stereocenters. The van der Waals surface area contributed by atoms with Crippen molar-refractivity contribution in [2.45, 2.75) is 38.8 Å². The van der Waals surface area contributed by atoms with Crippen LogP contribution in [0.4, 0.5) is 0 Å². The number of ether oxygens (including phenoxy) is 1. The summed E-state index contributed by atoms with van der Waals surface area (Å²) in [4.78, 5) is 6.91. The highest BCUT2D eigenvalue weighted by molar-refractivity contribution is 14.0. The van der Waals surface area contributed by atoms with Crippen molar-refractivity contribution in [2.75, 3.05) is 33.8 Å². The zero-order valence-electron chi connectivity index (χ0n) is 15.0. The number of halogens is 1. The normalized spacial score (nSPS) is 16.4. The second-order valence-corrected chi connectivity index (χ2v) is 5.96. The third-order valence-corrected chi connectivity index (χ3v) is 4.45. The molecule has 136 valence electrons. The average Bonchev–Trinajstić information content (AvgIpc) is 3.12. The first-order valence-corrected chi connectivity index (χ1v) is 8.58. The minimum absolute atomic E-state index is 0. The number of methoxy groups -OCH3 is 1. The predicted molar refractivity (Wildman–Crippen MR) is 111 cm³/mol. The van der Waals surface area contributed by atoms with Crippen LogP contribution in [0.15, 0.2) is 29.3 Å². The van der Waals surface area contributed by atoms with E-state index < -0.39 is 0 Å². The van der Waals surface area contributed by atoms with Crippen molar-refractivity contribution >= 4 is 29.9 Å². The molecule has 0 saturated carbocycles. The van der Waals surface area contributed by atoms with Crippen LogP contribution in [0, 0.1) is 0 Å². The number of guanidine groups is 1. The summed E-state index contributed by atoms with van der Waals surface area (Å²) in [6.07, 6.45) is 3.83. The molecule has 0 aromatic heterocycles. The third-order valence-electron chi connectivity index (χ3n) is 4.45. The monoisotopic (exact) mass is 446 g/mol. The van der Waals surface area contributed by atoms with Gasteiger partial charge in [-0.05, 0) is 50.0 Å². The molecular weight excluding hydrogens is 415 g/mol. The van der Waals surface area contributed by atoms with Crippen LogP contribution in [-0.4, -0.2) is 50.7 Å². The van der Waals surface area contributed by atoms with E-state index in [0.717, 1.165) is 24.8 Å². The summed E-state index contributed by atoms with van der Waals surface area (Å²) in [5, 5.41) is 6.83. The number of aliphatic imine (C=N–C) groups is 1. The van der Waals surface area contributed by atoms with Gasteiger partial charge in [-0.3, -0.25) is 9.89 Å². The summed E-state index contributed by atoms with van der Waals surface area (Å²) < 4.78 is 5.26. The van der Waals surface area contributed by atoms with E-state index in [2.05, 4.69) is 33.5 Å². The summed E-state index contributed by atoms with van der Waals surface area (Å²) >= 11 is 0. The highest BCUT2D eigenvalue weighted by atomic mass is 127. The molecule has 0 spiro atoms. The quantitative estimate of drug-likeness (QED) is 0.384. The lowest BCUT2D eigenvalue weighted by Gasteiger charge is -2.27. The Kier molecular flexibility index (Phi) is 10.1. The van der Waals surface area contributed by atoms with Crippen molar-refractivity contribution in [3.8, 4) is 5.75 Å². The number of rotatable bonds is 7. The fourth-order valence-electron chi connectivity index (χ4n) is 3.04. The number of hydrogen-bond donors (Lipinski definition) is 2. The molecule has 1 aliphatic heterocycles. The van der Waals surface area contributed by atoms with E-state index in [4.69, 9.17) is 4.74 Å². The number of benzene rings is 1. The van der Waals surface area contributed by atoms with Gasteiger partial charge in [0.2, 0.25) is 0 Å². The fourth-order valence-corrected chi connectivity index (χ4v) is 3.04. The standard InChI is InChI=1S/C18H30N4O.HI/c1-4-16(22-10-5-6-11-22)14-21-18(19-2)20-13-15-8-7-9-17(12-15)23-3;/h7-9,12,16H,4-6,10-11,13-14H2,1-3H3,(H2,19,20,21);1H. The number of likely N-dealkylation sites (tertiary alicyclic amines) is 1. The Balaban J connectivity index is 0.00000288. The molecule has 1 unspecified atom stereocenters. The van der Waals surface area contributed by atoms with Crippen LogP contribution in [0.1, 0.15) is 31.7 Å². The van der Waals surface area contributed by atoms with E-state index in [1.54, 1.807) is 7.11 Å². The van der Waals surface area contributed by atoms with E-state index in [9.17, 15) is 0 Å². The molecule has 0 bridgehead atoms. The lowest BCUT2D eigenvalue weighted by atomic mass is 10.2. The van der Waals surface area contributed by atoms with E-state index in [-0.39, 0.29) is 24.0 Å². The summed E-state index contributed by atoms with van der Waals surface area (Å²) in [6, 6.07) is 8.68. The number of nitrogens with zero attached hydrogens (tertiary/aromatic N) is 2. The van der Waals surface area contributed by atoms with Crippen LogP contribution in [0.25, 0.3) is 0 Å². The van der Waals surface area contributed by atoms with Gasteiger partial charge in [0.05, 0.1) is 7.11 Å². The topological polar surface area (TPSA) is 48.9 Å². The van der Waals surface area contributed by atoms with E-state index in [1.807, 2.05) is 25.2 Å². The maximum atomic E-state index is 5.26. The molecule has 1 saturated heterocycles. The summed E-state index contributed by atoms with van der Waals surface area (Å²) in [5.41, 5.74) is 1.18. The molecule has 0 aliphatic carbocycles. The van der Waals surface area contributed by atoms with Gasteiger partial charge in [0.25, 0.3) is 0 Å². The molecule has 6 heteroatoms. The molecule has 1 aliphatic rings. The van der Waals surface area contributed by atoms with E-state index >= 15 is 0 Å². The smallest absolute Gasteiger partial charge is 0.191 e. The van der Waals surface area contributed by atoms with Crippen LogP contribution in [0.3, 0.4) is 0 Å². The molecular formula is C18H31IN4O. The Morgan fingerprint density at radius 3 is 2.67 bits per heavy atom. The summed E-state index contributed by atoms with van der Waals surface area (Å²) in [5.74, 6) is 1.73. The lowest BCUT2D eigenvalue weighted by molar-refractivity contribution is 0.236. The molecule has 5 nitrogen and oxygen atoms in total. The molecule has 24 heavy (non-hydrogen) atoms. The SMILES string of the molecule is CCC(CNC(=NC)NCc1cccc(OC)c1)N1CCCC1.I. The maximum Gasteiger partial charge on any atom is 0.191 e. The van der Waals surface area contributed by atoms with Crippen molar-refractivity contribution in [3.05, 3.63) is 29.8 Å². The van der Waals surface area contributed by atoms with Crippen molar-refractivity contribution in [1.29, 1.82) is 0 Å². The van der Waals surface area contributed by atoms with Crippen LogP contribution in [0.2, 0.25) is 0 Å². The van der Waals surface area contributed by atoms with Crippen LogP contribution in [-0.2, 0) is 6.54 Å². The van der Waals surface area contributed by atoms with Gasteiger partial charge in [-0.15, -0.1) is 24.0 Å². The predicted octanol–water partition coefficient (Wildman–Crippen LogP) is 2.85. The lowest BCUT2D eigenvalue weighted by Crippen LogP contribution is -2.46.